The highest BCUT2D eigenvalue weighted by molar-refractivity contribution is 7.12. The number of benzene rings is 1. The first-order valence-electron chi connectivity index (χ1n) is 7.43. The van der Waals surface area contributed by atoms with E-state index in [1.807, 2.05) is 11.3 Å². The van der Waals surface area contributed by atoms with Gasteiger partial charge in [0.05, 0.1) is 5.69 Å². The molecule has 1 saturated carbocycles. The molecule has 0 bridgehead atoms. The van der Waals surface area contributed by atoms with Crippen LogP contribution in [0.25, 0.3) is 0 Å². The van der Waals surface area contributed by atoms with E-state index in [1.165, 1.54) is 40.4 Å². The van der Waals surface area contributed by atoms with Crippen LogP contribution in [0.5, 0.6) is 0 Å². The van der Waals surface area contributed by atoms with Crippen LogP contribution in [0.1, 0.15) is 60.2 Å². The molecule has 2 N–H and O–H groups in total. The lowest BCUT2D eigenvalue weighted by Crippen LogP contribution is -2.35. The Morgan fingerprint density at radius 1 is 1.25 bits per heavy atom. The monoisotopic (exact) mass is 286 g/mol. The van der Waals surface area contributed by atoms with Crippen LogP contribution < -0.4 is 5.73 Å². The van der Waals surface area contributed by atoms with Crippen molar-refractivity contribution in [2.75, 3.05) is 0 Å². The smallest absolute Gasteiger partial charge is 0.104 e. The predicted molar refractivity (Wildman–Crippen MR) is 85.2 cm³/mol. The summed E-state index contributed by atoms with van der Waals surface area (Å²) < 4.78 is 0. The molecule has 1 aliphatic carbocycles. The van der Waals surface area contributed by atoms with Crippen molar-refractivity contribution in [2.45, 2.75) is 51.0 Å². The van der Waals surface area contributed by atoms with Gasteiger partial charge >= 0.3 is 0 Å². The predicted octanol–water partition coefficient (Wildman–Crippen LogP) is 4.20. The van der Waals surface area contributed by atoms with Crippen LogP contribution in [0, 0.1) is 0 Å². The van der Waals surface area contributed by atoms with E-state index >= 15 is 0 Å². The minimum Gasteiger partial charge on any atom is -0.326 e. The number of aromatic nitrogens is 1. The fraction of sp³-hybridized carbons (Fsp3) is 0.471. The Labute approximate surface area is 125 Å². The van der Waals surface area contributed by atoms with Crippen molar-refractivity contribution in [3.05, 3.63) is 51.5 Å². The molecule has 0 aliphatic heterocycles. The molecule has 3 rings (SSSR count). The highest BCUT2D eigenvalue weighted by Gasteiger charge is 2.43. The molecule has 1 heterocycles. The molecule has 0 atom stereocenters. The summed E-state index contributed by atoms with van der Waals surface area (Å²) in [7, 11) is 0. The van der Waals surface area contributed by atoms with E-state index < -0.39 is 0 Å². The lowest BCUT2D eigenvalue weighted by atomic mass is 9.65. The second-order valence-electron chi connectivity index (χ2n) is 5.99. The van der Waals surface area contributed by atoms with Gasteiger partial charge in [0.2, 0.25) is 0 Å². The molecule has 2 aromatic rings. The van der Waals surface area contributed by atoms with E-state index in [2.05, 4.69) is 44.2 Å². The minimum atomic E-state index is 0.156. The number of rotatable bonds is 4. The van der Waals surface area contributed by atoms with Crippen LogP contribution in [0.3, 0.4) is 0 Å². The summed E-state index contributed by atoms with van der Waals surface area (Å²) in [6, 6.07) is 10.9. The summed E-state index contributed by atoms with van der Waals surface area (Å²) in [5.74, 6) is 0.450. The third-order valence-electron chi connectivity index (χ3n) is 4.40. The Bertz CT molecular complexity index is 582. The molecular weight excluding hydrogens is 264 g/mol. The lowest BCUT2D eigenvalue weighted by molar-refractivity contribution is 0.300. The van der Waals surface area contributed by atoms with Gasteiger partial charge in [-0.05, 0) is 24.3 Å². The SMILES string of the molecule is CC(C)c1nc(C2(c3ccccc3)CCC2)sc1CN. The van der Waals surface area contributed by atoms with Crippen molar-refractivity contribution in [2.24, 2.45) is 5.73 Å². The second-order valence-corrected chi connectivity index (χ2v) is 7.07. The Morgan fingerprint density at radius 2 is 1.95 bits per heavy atom. The van der Waals surface area contributed by atoms with Gasteiger partial charge in [-0.1, -0.05) is 50.6 Å². The quantitative estimate of drug-likeness (QED) is 0.915. The van der Waals surface area contributed by atoms with E-state index in [9.17, 15) is 0 Å². The van der Waals surface area contributed by atoms with Crippen molar-refractivity contribution in [3.8, 4) is 0 Å². The van der Waals surface area contributed by atoms with Gasteiger partial charge in [0, 0.05) is 16.8 Å². The van der Waals surface area contributed by atoms with Crippen molar-refractivity contribution in [1.29, 1.82) is 0 Å². The van der Waals surface area contributed by atoms with Crippen molar-refractivity contribution < 1.29 is 0 Å². The normalized spacial score (nSPS) is 17.2. The number of nitrogens with two attached hydrogens (primary N) is 1. The zero-order valence-corrected chi connectivity index (χ0v) is 13.0. The van der Waals surface area contributed by atoms with Crippen LogP contribution in [0.15, 0.2) is 30.3 Å². The molecule has 0 radical (unpaired) electrons. The zero-order chi connectivity index (χ0) is 14.2. The molecule has 0 saturated heterocycles. The first-order valence-corrected chi connectivity index (χ1v) is 8.24. The third-order valence-corrected chi connectivity index (χ3v) is 5.70. The number of nitrogens with zero attached hydrogens (tertiary/aromatic N) is 1. The average molecular weight is 286 g/mol. The van der Waals surface area contributed by atoms with Crippen LogP contribution in [-0.4, -0.2) is 4.98 Å². The Balaban J connectivity index is 2.06. The number of thiazole rings is 1. The number of hydrogen-bond acceptors (Lipinski definition) is 3. The van der Waals surface area contributed by atoms with Crippen molar-refractivity contribution in [1.82, 2.24) is 4.98 Å². The van der Waals surface area contributed by atoms with E-state index in [0.29, 0.717) is 12.5 Å². The van der Waals surface area contributed by atoms with Crippen LogP contribution in [0.4, 0.5) is 0 Å². The Kier molecular flexibility index (Phi) is 3.65. The average Bonchev–Trinajstić information content (AvgIpc) is 2.83. The maximum absolute atomic E-state index is 5.91. The first-order chi connectivity index (χ1) is 9.67. The van der Waals surface area contributed by atoms with E-state index in [1.54, 1.807) is 0 Å². The molecule has 106 valence electrons. The van der Waals surface area contributed by atoms with E-state index in [0.717, 1.165) is 0 Å². The molecule has 0 spiro atoms. The van der Waals surface area contributed by atoms with Gasteiger partial charge in [-0.15, -0.1) is 11.3 Å². The van der Waals surface area contributed by atoms with Gasteiger partial charge in [-0.25, -0.2) is 4.98 Å². The second kappa shape index (κ2) is 5.30. The molecule has 0 unspecified atom stereocenters. The van der Waals surface area contributed by atoms with E-state index in [4.69, 9.17) is 10.7 Å². The van der Waals surface area contributed by atoms with Gasteiger partial charge in [-0.2, -0.15) is 0 Å². The summed E-state index contributed by atoms with van der Waals surface area (Å²) in [6.45, 7) is 5.01. The fourth-order valence-electron chi connectivity index (χ4n) is 3.08. The van der Waals surface area contributed by atoms with Gasteiger partial charge in [0.25, 0.3) is 0 Å². The van der Waals surface area contributed by atoms with Crippen molar-refractivity contribution >= 4 is 11.3 Å². The minimum absolute atomic E-state index is 0.156. The van der Waals surface area contributed by atoms with Crippen molar-refractivity contribution in [3.63, 3.8) is 0 Å². The molecule has 2 nitrogen and oxygen atoms in total. The molecule has 0 amide bonds. The highest BCUT2D eigenvalue weighted by Crippen LogP contribution is 2.50. The molecule has 1 aromatic carbocycles. The third kappa shape index (κ3) is 2.09. The standard InChI is InChI=1S/C17H22N2S/c1-12(2)15-14(11-18)20-16(19-15)17(9-6-10-17)13-7-4-3-5-8-13/h3-5,7-8,12H,6,9-11,18H2,1-2H3. The first kappa shape index (κ1) is 13.8. The van der Waals surface area contributed by atoms with Gasteiger partial charge < -0.3 is 5.73 Å². The van der Waals surface area contributed by atoms with Gasteiger partial charge in [0.15, 0.2) is 0 Å². The maximum Gasteiger partial charge on any atom is 0.104 e. The Morgan fingerprint density at radius 3 is 2.40 bits per heavy atom. The van der Waals surface area contributed by atoms with Crippen LogP contribution >= 0.6 is 11.3 Å². The number of hydrogen-bond donors (Lipinski definition) is 1. The maximum atomic E-state index is 5.91. The summed E-state index contributed by atoms with van der Waals surface area (Å²) in [4.78, 5) is 6.25. The Hall–Kier alpha value is -1.19. The van der Waals surface area contributed by atoms with Gasteiger partial charge in [-0.3, -0.25) is 0 Å². The molecule has 20 heavy (non-hydrogen) atoms. The van der Waals surface area contributed by atoms with Crippen LogP contribution in [0.2, 0.25) is 0 Å². The summed E-state index contributed by atoms with van der Waals surface area (Å²) in [5.41, 5.74) is 8.69. The molecule has 1 fully saturated rings. The lowest BCUT2D eigenvalue weighted by Gasteiger charge is -2.40. The molecular formula is C17H22N2S. The van der Waals surface area contributed by atoms with Gasteiger partial charge in [0.1, 0.15) is 5.01 Å². The largest absolute Gasteiger partial charge is 0.326 e. The summed E-state index contributed by atoms with van der Waals surface area (Å²) in [6.07, 6.45) is 3.72. The molecule has 1 aromatic heterocycles. The van der Waals surface area contributed by atoms with E-state index in [-0.39, 0.29) is 5.41 Å². The fourth-order valence-corrected chi connectivity index (χ4v) is 4.44. The summed E-state index contributed by atoms with van der Waals surface area (Å²) in [5, 5.41) is 1.28. The zero-order valence-electron chi connectivity index (χ0n) is 12.2. The molecule has 3 heteroatoms. The highest BCUT2D eigenvalue weighted by atomic mass is 32.1. The molecule has 1 aliphatic rings. The topological polar surface area (TPSA) is 38.9 Å². The van der Waals surface area contributed by atoms with Crippen LogP contribution in [-0.2, 0) is 12.0 Å². The summed E-state index contributed by atoms with van der Waals surface area (Å²) >= 11 is 1.83.